The number of aromatic nitrogens is 5. The number of piperidine rings is 1. The predicted molar refractivity (Wildman–Crippen MR) is 137 cm³/mol. The highest BCUT2D eigenvalue weighted by Gasteiger charge is 2.48. The van der Waals surface area contributed by atoms with Gasteiger partial charge in [-0.15, -0.1) is 0 Å². The Morgan fingerprint density at radius 2 is 1.95 bits per heavy atom. The molecular weight excluding hydrogens is 470 g/mol. The van der Waals surface area contributed by atoms with Crippen molar-refractivity contribution in [2.24, 2.45) is 11.1 Å². The van der Waals surface area contributed by atoms with Crippen LogP contribution in [-0.2, 0) is 17.6 Å². The maximum absolute atomic E-state index is 12.6. The van der Waals surface area contributed by atoms with Crippen LogP contribution < -0.4 is 20.4 Å². The molecule has 1 aromatic carbocycles. The third-order valence-corrected chi connectivity index (χ3v) is 8.83. The molecule has 11 heteroatoms. The van der Waals surface area contributed by atoms with E-state index in [2.05, 4.69) is 43.2 Å². The first-order valence-corrected chi connectivity index (χ1v) is 12.9. The van der Waals surface area contributed by atoms with Crippen LogP contribution in [0.4, 0.5) is 23.0 Å². The van der Waals surface area contributed by atoms with Gasteiger partial charge in [0.15, 0.2) is 23.4 Å². The summed E-state index contributed by atoms with van der Waals surface area (Å²) in [7, 11) is 0. The molecule has 3 aromatic heterocycles. The van der Waals surface area contributed by atoms with Gasteiger partial charge in [0, 0.05) is 44.4 Å². The molecule has 0 radical (unpaired) electrons. The largest absolute Gasteiger partial charge is 0.448 e. The minimum Gasteiger partial charge on any atom is -0.448 e. The molecule has 3 N–H and O–H groups in total. The number of aryl methyl sites for hydroxylation is 1. The van der Waals surface area contributed by atoms with Gasteiger partial charge >= 0.3 is 0 Å². The summed E-state index contributed by atoms with van der Waals surface area (Å²) >= 11 is 0. The van der Waals surface area contributed by atoms with E-state index in [9.17, 15) is 4.79 Å². The molecule has 4 aliphatic rings. The van der Waals surface area contributed by atoms with Gasteiger partial charge in [0.25, 0.3) is 0 Å². The van der Waals surface area contributed by atoms with Crippen LogP contribution in [0.1, 0.15) is 42.3 Å². The van der Waals surface area contributed by atoms with Gasteiger partial charge in [0.05, 0.1) is 29.3 Å². The van der Waals surface area contributed by atoms with Gasteiger partial charge < -0.3 is 24.9 Å². The Balaban J connectivity index is 1.07. The van der Waals surface area contributed by atoms with Gasteiger partial charge in [-0.05, 0) is 30.9 Å². The molecule has 1 spiro atoms. The molecule has 37 heavy (non-hydrogen) atoms. The molecular formula is C26H27N9O2. The van der Waals surface area contributed by atoms with E-state index in [1.807, 2.05) is 11.1 Å². The number of aromatic amines is 1. The van der Waals surface area contributed by atoms with Gasteiger partial charge in [-0.2, -0.15) is 5.10 Å². The lowest BCUT2D eigenvalue weighted by Gasteiger charge is -2.42. The van der Waals surface area contributed by atoms with Crippen LogP contribution in [0.15, 0.2) is 35.2 Å². The topological polar surface area (TPSA) is 133 Å². The minimum atomic E-state index is -0.0772. The molecule has 4 aromatic rings. The van der Waals surface area contributed by atoms with Crippen molar-refractivity contribution in [1.82, 2.24) is 25.1 Å². The van der Waals surface area contributed by atoms with E-state index in [1.165, 1.54) is 12.0 Å². The molecule has 0 saturated carbocycles. The fraction of sp³-hybridized carbons (Fsp3) is 0.423. The Morgan fingerprint density at radius 1 is 1.08 bits per heavy atom. The first-order valence-electron chi connectivity index (χ1n) is 12.9. The highest BCUT2D eigenvalue weighted by molar-refractivity contribution is 6.03. The number of para-hydroxylation sites is 1. The number of hydrogen-bond donors (Lipinski definition) is 2. The van der Waals surface area contributed by atoms with E-state index in [0.29, 0.717) is 25.2 Å². The number of carbonyl (C=O) groups is 1. The quantitative estimate of drug-likeness (QED) is 0.429. The van der Waals surface area contributed by atoms with Crippen molar-refractivity contribution in [1.29, 1.82) is 0 Å². The van der Waals surface area contributed by atoms with E-state index in [-0.39, 0.29) is 17.4 Å². The predicted octanol–water partition coefficient (Wildman–Crippen LogP) is 2.61. The van der Waals surface area contributed by atoms with Crippen molar-refractivity contribution in [3.63, 3.8) is 0 Å². The summed E-state index contributed by atoms with van der Waals surface area (Å²) < 4.78 is 5.57. The maximum atomic E-state index is 12.6. The van der Waals surface area contributed by atoms with Gasteiger partial charge in [-0.1, -0.05) is 12.1 Å². The first kappa shape index (κ1) is 21.1. The third-order valence-electron chi connectivity index (χ3n) is 8.83. The molecule has 0 bridgehead atoms. The zero-order chi connectivity index (χ0) is 24.7. The Bertz CT molecular complexity index is 1550. The number of rotatable bonds is 2. The van der Waals surface area contributed by atoms with E-state index in [4.69, 9.17) is 20.1 Å². The number of nitrogens with zero attached hydrogens (tertiary/aromatic N) is 7. The van der Waals surface area contributed by atoms with Crippen molar-refractivity contribution in [2.75, 3.05) is 40.9 Å². The summed E-state index contributed by atoms with van der Waals surface area (Å²) in [4.78, 5) is 33.0. The monoisotopic (exact) mass is 497 g/mol. The number of nitrogens with two attached hydrogens (primary N) is 1. The molecule has 8 rings (SSSR count). The fourth-order valence-electron chi connectivity index (χ4n) is 6.76. The Hall–Kier alpha value is -3.99. The number of benzene rings is 1. The summed E-state index contributed by atoms with van der Waals surface area (Å²) in [5.41, 5.74) is 12.1. The van der Waals surface area contributed by atoms with Gasteiger partial charge in [0.2, 0.25) is 5.91 Å². The van der Waals surface area contributed by atoms with Gasteiger partial charge in [-0.3, -0.25) is 9.89 Å². The summed E-state index contributed by atoms with van der Waals surface area (Å²) in [6.07, 6.45) is 7.46. The number of amides is 1. The molecule has 1 saturated heterocycles. The van der Waals surface area contributed by atoms with Crippen molar-refractivity contribution in [3.8, 4) is 0 Å². The molecule has 11 nitrogen and oxygen atoms in total. The van der Waals surface area contributed by atoms with Crippen LogP contribution >= 0.6 is 0 Å². The van der Waals surface area contributed by atoms with Gasteiger partial charge in [-0.25, -0.2) is 15.0 Å². The summed E-state index contributed by atoms with van der Waals surface area (Å²) in [5, 5.41) is 7.74. The molecule has 188 valence electrons. The Labute approximate surface area is 212 Å². The average Bonchev–Trinajstić information content (AvgIpc) is 3.62. The lowest BCUT2D eigenvalue weighted by atomic mass is 9.73. The molecule has 1 aliphatic carbocycles. The summed E-state index contributed by atoms with van der Waals surface area (Å²) in [6.45, 7) is 3.00. The van der Waals surface area contributed by atoms with E-state index < -0.39 is 0 Å². The fourth-order valence-corrected chi connectivity index (χ4v) is 6.76. The average molecular weight is 498 g/mol. The zero-order valence-electron chi connectivity index (χ0n) is 20.4. The number of fused-ring (bicyclic) bond motifs is 2. The van der Waals surface area contributed by atoms with Crippen LogP contribution in [-0.4, -0.2) is 57.2 Å². The van der Waals surface area contributed by atoms with Crippen LogP contribution in [0.25, 0.3) is 11.2 Å². The van der Waals surface area contributed by atoms with Crippen molar-refractivity contribution >= 4 is 40.1 Å². The standard InChI is InChI=1S/C26H27N9O2/c27-23-20-17(37-14-29-20)12-26(23)6-8-33(9-7-26)18-13-28-21-24(30-18)31-32-25(21)34-10-11-35-19(36)5-4-15-2-1-3-16(34)22(15)35/h1-3,13-14,23H,4-12,27H2,(H,30,31,32)/t23-/m1/s1. The lowest BCUT2D eigenvalue weighted by Crippen LogP contribution is -2.45. The van der Waals surface area contributed by atoms with Crippen molar-refractivity contribution in [3.05, 3.63) is 47.8 Å². The van der Waals surface area contributed by atoms with Crippen LogP contribution in [0.2, 0.25) is 0 Å². The van der Waals surface area contributed by atoms with Crippen LogP contribution in [0.3, 0.4) is 0 Å². The molecule has 1 fully saturated rings. The Kier molecular flexibility index (Phi) is 4.29. The number of anilines is 4. The molecule has 0 unspecified atom stereocenters. The SMILES string of the molecule is N[C@@H]1c2ncoc2CC12CCN(c1cnc3c(N4CCN5C(=O)CCc6cccc4c65)n[nH]c3n1)CC2. The van der Waals surface area contributed by atoms with E-state index in [0.717, 1.165) is 78.8 Å². The first-order chi connectivity index (χ1) is 18.1. The lowest BCUT2D eigenvalue weighted by molar-refractivity contribution is -0.118. The van der Waals surface area contributed by atoms with Crippen molar-refractivity contribution < 1.29 is 9.21 Å². The molecule has 1 amide bonds. The number of oxazole rings is 1. The maximum Gasteiger partial charge on any atom is 0.227 e. The van der Waals surface area contributed by atoms with Gasteiger partial charge in [0.1, 0.15) is 11.6 Å². The van der Waals surface area contributed by atoms with Crippen LogP contribution in [0, 0.1) is 5.41 Å². The second kappa shape index (κ2) is 7.51. The molecule has 6 heterocycles. The van der Waals surface area contributed by atoms with Crippen LogP contribution in [0.5, 0.6) is 0 Å². The normalized spacial score (nSPS) is 22.1. The number of H-pyrrole nitrogens is 1. The molecule has 1 atom stereocenters. The minimum absolute atomic E-state index is 0.00989. The summed E-state index contributed by atoms with van der Waals surface area (Å²) in [6, 6.07) is 6.15. The highest BCUT2D eigenvalue weighted by Crippen LogP contribution is 2.50. The second-order valence-electron chi connectivity index (χ2n) is 10.6. The molecule has 3 aliphatic heterocycles. The number of hydrogen-bond acceptors (Lipinski definition) is 9. The van der Waals surface area contributed by atoms with E-state index in [1.54, 1.807) is 0 Å². The smallest absolute Gasteiger partial charge is 0.227 e. The van der Waals surface area contributed by atoms with E-state index >= 15 is 0 Å². The third kappa shape index (κ3) is 2.94. The highest BCUT2D eigenvalue weighted by atomic mass is 16.3. The summed E-state index contributed by atoms with van der Waals surface area (Å²) in [5.74, 6) is 2.72. The van der Waals surface area contributed by atoms with Crippen molar-refractivity contribution in [2.45, 2.75) is 38.1 Å². The second-order valence-corrected chi connectivity index (χ2v) is 10.6. The number of nitrogens with one attached hydrogen (secondary N) is 1. The Morgan fingerprint density at radius 3 is 2.81 bits per heavy atom. The number of carbonyl (C=O) groups excluding carboxylic acids is 1. The zero-order valence-corrected chi connectivity index (χ0v) is 20.4.